The Bertz CT molecular complexity index is 654. The molecule has 0 spiro atoms. The Hall–Kier alpha value is -1.82. The van der Waals surface area contributed by atoms with Gasteiger partial charge in [-0.05, 0) is 13.0 Å². The van der Waals surface area contributed by atoms with Crippen molar-refractivity contribution in [2.45, 2.75) is 23.8 Å². The molecule has 1 aliphatic rings. The summed E-state index contributed by atoms with van der Waals surface area (Å²) in [7, 11) is 1.92. The standard InChI is InChI=1S/C14H15N3O2S/c1-9-4-3-5-10(8-9)12-15-16-14(17(12)2)20-11-6-7-19-13(11)18/h3-5,8,11H,6-7H2,1-2H3. The summed E-state index contributed by atoms with van der Waals surface area (Å²) in [6.07, 6.45) is 0.732. The van der Waals surface area contributed by atoms with Gasteiger partial charge in [-0.15, -0.1) is 10.2 Å². The molecule has 0 radical (unpaired) electrons. The molecule has 3 rings (SSSR count). The number of rotatable bonds is 3. The second-order valence-corrected chi connectivity index (χ2v) is 5.97. The average Bonchev–Trinajstić information content (AvgIpc) is 2.98. The van der Waals surface area contributed by atoms with E-state index in [1.807, 2.05) is 36.7 Å². The van der Waals surface area contributed by atoms with E-state index >= 15 is 0 Å². The highest BCUT2D eigenvalue weighted by atomic mass is 32.2. The van der Waals surface area contributed by atoms with Gasteiger partial charge in [-0.1, -0.05) is 35.5 Å². The van der Waals surface area contributed by atoms with Gasteiger partial charge in [0.2, 0.25) is 0 Å². The lowest BCUT2D eigenvalue weighted by Gasteiger charge is -2.06. The number of hydrogen-bond donors (Lipinski definition) is 0. The molecule has 0 saturated carbocycles. The van der Waals surface area contributed by atoms with Crippen LogP contribution >= 0.6 is 11.8 Å². The molecule has 104 valence electrons. The van der Waals surface area contributed by atoms with Crippen molar-refractivity contribution >= 4 is 17.7 Å². The first-order chi connectivity index (χ1) is 9.65. The van der Waals surface area contributed by atoms with E-state index in [0.29, 0.717) is 6.61 Å². The molecule has 1 aromatic carbocycles. The zero-order valence-electron chi connectivity index (χ0n) is 11.4. The Balaban J connectivity index is 1.87. The number of esters is 1. The molecule has 2 heterocycles. The lowest BCUT2D eigenvalue weighted by atomic mass is 10.1. The molecule has 20 heavy (non-hydrogen) atoms. The average molecular weight is 289 g/mol. The Labute approximate surface area is 121 Å². The van der Waals surface area contributed by atoms with Crippen LogP contribution in [0, 0.1) is 6.92 Å². The zero-order chi connectivity index (χ0) is 14.1. The van der Waals surface area contributed by atoms with Crippen molar-refractivity contribution in [3.63, 3.8) is 0 Å². The van der Waals surface area contributed by atoms with E-state index in [1.54, 1.807) is 0 Å². The number of thioether (sulfide) groups is 1. The Morgan fingerprint density at radius 1 is 1.40 bits per heavy atom. The maximum absolute atomic E-state index is 11.5. The molecular formula is C14H15N3O2S. The number of benzene rings is 1. The lowest BCUT2D eigenvalue weighted by Crippen LogP contribution is -2.10. The maximum Gasteiger partial charge on any atom is 0.319 e. The highest BCUT2D eigenvalue weighted by Gasteiger charge is 2.29. The normalized spacial score (nSPS) is 18.3. The SMILES string of the molecule is Cc1cccc(-c2nnc(SC3CCOC3=O)n2C)c1. The minimum Gasteiger partial charge on any atom is -0.465 e. The highest BCUT2D eigenvalue weighted by Crippen LogP contribution is 2.30. The molecule has 2 aromatic rings. The van der Waals surface area contributed by atoms with Crippen LogP contribution in [0.5, 0.6) is 0 Å². The first-order valence-electron chi connectivity index (χ1n) is 6.45. The predicted molar refractivity (Wildman–Crippen MR) is 76.4 cm³/mol. The van der Waals surface area contributed by atoms with Gasteiger partial charge in [-0.25, -0.2) is 0 Å². The van der Waals surface area contributed by atoms with Gasteiger partial charge < -0.3 is 9.30 Å². The number of carbonyl (C=O) groups is 1. The molecule has 1 atom stereocenters. The van der Waals surface area contributed by atoms with Gasteiger partial charge in [0.05, 0.1) is 6.61 Å². The first-order valence-corrected chi connectivity index (χ1v) is 7.33. The first kappa shape index (κ1) is 13.2. The van der Waals surface area contributed by atoms with E-state index in [1.165, 1.54) is 17.3 Å². The fraction of sp³-hybridized carbons (Fsp3) is 0.357. The van der Waals surface area contributed by atoms with Crippen molar-refractivity contribution in [3.05, 3.63) is 29.8 Å². The minimum absolute atomic E-state index is 0.157. The fourth-order valence-electron chi connectivity index (χ4n) is 2.16. The van der Waals surface area contributed by atoms with Crippen LogP contribution in [0.4, 0.5) is 0 Å². The Morgan fingerprint density at radius 3 is 2.95 bits per heavy atom. The van der Waals surface area contributed by atoms with E-state index in [-0.39, 0.29) is 11.2 Å². The molecule has 1 saturated heterocycles. The van der Waals surface area contributed by atoms with Crippen LogP contribution < -0.4 is 0 Å². The van der Waals surface area contributed by atoms with Crippen LogP contribution in [0.15, 0.2) is 29.4 Å². The topological polar surface area (TPSA) is 57.0 Å². The maximum atomic E-state index is 11.5. The summed E-state index contributed by atoms with van der Waals surface area (Å²) in [5.41, 5.74) is 2.21. The van der Waals surface area contributed by atoms with Crippen molar-refractivity contribution in [1.29, 1.82) is 0 Å². The smallest absolute Gasteiger partial charge is 0.319 e. The Kier molecular flexibility index (Phi) is 3.48. The molecule has 1 aromatic heterocycles. The van der Waals surface area contributed by atoms with Gasteiger partial charge in [0.25, 0.3) is 0 Å². The molecule has 6 heteroatoms. The van der Waals surface area contributed by atoms with Crippen LogP contribution in [0.1, 0.15) is 12.0 Å². The summed E-state index contributed by atoms with van der Waals surface area (Å²) in [6.45, 7) is 2.54. The van der Waals surface area contributed by atoms with Gasteiger partial charge in [-0.2, -0.15) is 0 Å². The Morgan fingerprint density at radius 2 is 2.25 bits per heavy atom. The lowest BCUT2D eigenvalue weighted by molar-refractivity contribution is -0.137. The molecule has 1 unspecified atom stereocenters. The van der Waals surface area contributed by atoms with E-state index in [4.69, 9.17) is 4.74 Å². The molecule has 0 N–H and O–H groups in total. The van der Waals surface area contributed by atoms with E-state index < -0.39 is 0 Å². The molecule has 1 fully saturated rings. The number of aromatic nitrogens is 3. The van der Waals surface area contributed by atoms with Gasteiger partial charge in [-0.3, -0.25) is 4.79 Å². The second kappa shape index (κ2) is 5.28. The van der Waals surface area contributed by atoms with E-state index in [9.17, 15) is 4.79 Å². The summed E-state index contributed by atoms with van der Waals surface area (Å²) >= 11 is 1.42. The summed E-state index contributed by atoms with van der Waals surface area (Å²) in [6, 6.07) is 8.13. The zero-order valence-corrected chi connectivity index (χ0v) is 12.2. The quantitative estimate of drug-likeness (QED) is 0.811. The summed E-state index contributed by atoms with van der Waals surface area (Å²) in [5, 5.41) is 9.00. The summed E-state index contributed by atoms with van der Waals surface area (Å²) in [4.78, 5) is 11.5. The third-order valence-corrected chi connectivity index (χ3v) is 4.53. The van der Waals surface area contributed by atoms with Crippen LogP contribution in [0.25, 0.3) is 11.4 Å². The van der Waals surface area contributed by atoms with Crippen molar-refractivity contribution in [2.24, 2.45) is 7.05 Å². The monoisotopic (exact) mass is 289 g/mol. The van der Waals surface area contributed by atoms with Crippen LogP contribution in [-0.4, -0.2) is 32.6 Å². The van der Waals surface area contributed by atoms with Crippen molar-refractivity contribution in [1.82, 2.24) is 14.8 Å². The highest BCUT2D eigenvalue weighted by molar-refractivity contribution is 8.00. The third-order valence-electron chi connectivity index (χ3n) is 3.25. The largest absolute Gasteiger partial charge is 0.465 e. The molecule has 0 aliphatic carbocycles. The van der Waals surface area contributed by atoms with Gasteiger partial charge >= 0.3 is 5.97 Å². The summed E-state index contributed by atoms with van der Waals surface area (Å²) < 4.78 is 6.89. The molecule has 1 aliphatic heterocycles. The van der Waals surface area contributed by atoms with Crippen molar-refractivity contribution in [3.8, 4) is 11.4 Å². The van der Waals surface area contributed by atoms with Gasteiger partial charge in [0, 0.05) is 19.0 Å². The minimum atomic E-state index is -0.164. The number of cyclic esters (lactones) is 1. The van der Waals surface area contributed by atoms with Crippen molar-refractivity contribution < 1.29 is 9.53 Å². The third kappa shape index (κ3) is 2.43. The number of aryl methyl sites for hydroxylation is 1. The van der Waals surface area contributed by atoms with Crippen LogP contribution in [-0.2, 0) is 16.6 Å². The van der Waals surface area contributed by atoms with Crippen LogP contribution in [0.3, 0.4) is 0 Å². The second-order valence-electron chi connectivity index (χ2n) is 4.80. The van der Waals surface area contributed by atoms with E-state index in [0.717, 1.165) is 23.0 Å². The summed E-state index contributed by atoms with van der Waals surface area (Å²) in [5.74, 6) is 0.651. The van der Waals surface area contributed by atoms with Gasteiger partial charge in [0.15, 0.2) is 11.0 Å². The number of nitrogens with zero attached hydrogens (tertiary/aromatic N) is 3. The predicted octanol–water partition coefficient (Wildman–Crippen LogP) is 2.20. The van der Waals surface area contributed by atoms with Crippen LogP contribution in [0.2, 0.25) is 0 Å². The number of ether oxygens (including phenoxy) is 1. The fourth-order valence-corrected chi connectivity index (χ4v) is 3.13. The molecule has 0 bridgehead atoms. The molecule has 0 amide bonds. The number of carbonyl (C=O) groups excluding carboxylic acids is 1. The van der Waals surface area contributed by atoms with Gasteiger partial charge in [0.1, 0.15) is 5.25 Å². The molecular weight excluding hydrogens is 274 g/mol. The number of hydrogen-bond acceptors (Lipinski definition) is 5. The van der Waals surface area contributed by atoms with Crippen molar-refractivity contribution in [2.75, 3.05) is 6.61 Å². The van der Waals surface area contributed by atoms with E-state index in [2.05, 4.69) is 16.3 Å². The molecule has 5 nitrogen and oxygen atoms in total.